The van der Waals surface area contributed by atoms with Crippen molar-refractivity contribution in [3.05, 3.63) is 35.4 Å². The number of amidine groups is 1. The van der Waals surface area contributed by atoms with E-state index >= 15 is 0 Å². The molecule has 0 amide bonds. The maximum atomic E-state index is 8.45. The topological polar surface area (TPSA) is 70.6 Å². The zero-order chi connectivity index (χ0) is 10.4. The lowest BCUT2D eigenvalue weighted by Gasteiger charge is -2.03. The van der Waals surface area contributed by atoms with Crippen LogP contribution in [0.1, 0.15) is 18.1 Å². The first-order chi connectivity index (χ1) is 6.77. The molecule has 4 N–H and O–H groups in total. The van der Waals surface area contributed by atoms with Gasteiger partial charge >= 0.3 is 0 Å². The van der Waals surface area contributed by atoms with Crippen molar-refractivity contribution in [2.45, 2.75) is 13.5 Å². The Balaban J connectivity index is 2.68. The maximum absolute atomic E-state index is 8.45. The molecule has 1 rings (SSSR count). The molecule has 0 saturated heterocycles. The molecule has 0 aliphatic heterocycles. The first-order valence-electron chi connectivity index (χ1n) is 4.55. The Labute approximate surface area is 83.4 Å². The fourth-order valence-corrected chi connectivity index (χ4v) is 1.12. The molecule has 0 saturated carbocycles. The second-order valence-corrected chi connectivity index (χ2v) is 2.96. The van der Waals surface area contributed by atoms with E-state index in [-0.39, 0.29) is 5.84 Å². The summed E-state index contributed by atoms with van der Waals surface area (Å²) in [7, 11) is 0. The Morgan fingerprint density at radius 1 is 1.43 bits per heavy atom. The van der Waals surface area contributed by atoms with Gasteiger partial charge in [0, 0.05) is 12.1 Å². The van der Waals surface area contributed by atoms with Gasteiger partial charge in [0.25, 0.3) is 0 Å². The fourth-order valence-electron chi connectivity index (χ4n) is 1.12. The summed E-state index contributed by atoms with van der Waals surface area (Å²) in [6.45, 7) is 3.85. The van der Waals surface area contributed by atoms with Crippen molar-refractivity contribution in [1.29, 1.82) is 0 Å². The van der Waals surface area contributed by atoms with E-state index in [4.69, 9.17) is 10.9 Å². The third-order valence-electron chi connectivity index (χ3n) is 1.94. The number of oxime groups is 1. The van der Waals surface area contributed by atoms with Gasteiger partial charge in [-0.25, -0.2) is 0 Å². The number of nitrogens with two attached hydrogens (primary N) is 1. The summed E-state index contributed by atoms with van der Waals surface area (Å²) >= 11 is 0. The summed E-state index contributed by atoms with van der Waals surface area (Å²) in [5, 5.41) is 14.6. The molecule has 0 heterocycles. The Morgan fingerprint density at radius 3 is 2.57 bits per heavy atom. The molecular formula is C10H15N3O. The molecule has 0 spiro atoms. The van der Waals surface area contributed by atoms with Gasteiger partial charge in [-0.15, -0.1) is 0 Å². The average molecular weight is 193 g/mol. The predicted octanol–water partition coefficient (Wildman–Crippen LogP) is 0.891. The van der Waals surface area contributed by atoms with Gasteiger partial charge in [-0.2, -0.15) is 0 Å². The molecule has 0 radical (unpaired) electrons. The fraction of sp³-hybridized carbons (Fsp3) is 0.300. The third kappa shape index (κ3) is 2.74. The van der Waals surface area contributed by atoms with Gasteiger partial charge in [-0.05, 0) is 12.1 Å². The van der Waals surface area contributed by atoms with Gasteiger partial charge < -0.3 is 16.3 Å². The van der Waals surface area contributed by atoms with Crippen LogP contribution in [0.3, 0.4) is 0 Å². The highest BCUT2D eigenvalue weighted by molar-refractivity contribution is 5.96. The Morgan fingerprint density at radius 2 is 2.07 bits per heavy atom. The van der Waals surface area contributed by atoms with Crippen molar-refractivity contribution in [3.63, 3.8) is 0 Å². The van der Waals surface area contributed by atoms with Crippen molar-refractivity contribution in [2.75, 3.05) is 6.54 Å². The molecule has 1 aromatic carbocycles. The molecule has 0 atom stereocenters. The minimum atomic E-state index is 0.139. The Bertz CT molecular complexity index is 306. The zero-order valence-corrected chi connectivity index (χ0v) is 8.20. The Kier molecular flexibility index (Phi) is 3.94. The number of nitrogens with one attached hydrogen (secondary N) is 1. The summed E-state index contributed by atoms with van der Waals surface area (Å²) in [6.07, 6.45) is 0. The molecule has 76 valence electrons. The minimum absolute atomic E-state index is 0.139. The summed E-state index contributed by atoms with van der Waals surface area (Å²) < 4.78 is 0. The first-order valence-corrected chi connectivity index (χ1v) is 4.55. The minimum Gasteiger partial charge on any atom is -0.409 e. The predicted molar refractivity (Wildman–Crippen MR) is 56.3 cm³/mol. The lowest BCUT2D eigenvalue weighted by atomic mass is 10.1. The monoisotopic (exact) mass is 193 g/mol. The maximum Gasteiger partial charge on any atom is 0.170 e. The molecular weight excluding hydrogens is 178 g/mol. The second-order valence-electron chi connectivity index (χ2n) is 2.96. The zero-order valence-electron chi connectivity index (χ0n) is 8.20. The molecule has 1 aromatic rings. The normalized spacial score (nSPS) is 11.6. The molecule has 0 bridgehead atoms. The highest BCUT2D eigenvalue weighted by atomic mass is 16.4. The van der Waals surface area contributed by atoms with Crippen LogP contribution in [0.15, 0.2) is 29.4 Å². The Hall–Kier alpha value is -1.55. The van der Waals surface area contributed by atoms with Crippen LogP contribution in [0, 0.1) is 0 Å². The van der Waals surface area contributed by atoms with Crippen LogP contribution in [0.5, 0.6) is 0 Å². The number of nitrogens with zero attached hydrogens (tertiary/aromatic N) is 1. The molecule has 4 nitrogen and oxygen atoms in total. The smallest absolute Gasteiger partial charge is 0.170 e. The highest BCUT2D eigenvalue weighted by Crippen LogP contribution is 2.03. The molecule has 0 aliphatic carbocycles. The van der Waals surface area contributed by atoms with Gasteiger partial charge in [-0.1, -0.05) is 36.3 Å². The van der Waals surface area contributed by atoms with Crippen molar-refractivity contribution >= 4 is 5.84 Å². The van der Waals surface area contributed by atoms with Crippen LogP contribution >= 0.6 is 0 Å². The largest absolute Gasteiger partial charge is 0.409 e. The number of rotatable bonds is 4. The number of hydrogen-bond acceptors (Lipinski definition) is 3. The molecule has 0 aliphatic rings. The van der Waals surface area contributed by atoms with Gasteiger partial charge in [0.2, 0.25) is 0 Å². The van der Waals surface area contributed by atoms with E-state index in [1.54, 1.807) is 0 Å². The summed E-state index contributed by atoms with van der Waals surface area (Å²) in [4.78, 5) is 0. The first kappa shape index (κ1) is 10.5. The van der Waals surface area contributed by atoms with Crippen LogP contribution in [0.2, 0.25) is 0 Å². The summed E-state index contributed by atoms with van der Waals surface area (Å²) in [5.74, 6) is 0.139. The standard InChI is InChI=1S/C10H15N3O/c1-2-12-7-8-3-5-9(6-4-8)10(11)13-14/h3-6,12,14H,2,7H2,1H3,(H2,11,13). The van der Waals surface area contributed by atoms with Gasteiger partial charge in [0.1, 0.15) is 0 Å². The van der Waals surface area contributed by atoms with E-state index < -0.39 is 0 Å². The van der Waals surface area contributed by atoms with E-state index in [0.29, 0.717) is 0 Å². The van der Waals surface area contributed by atoms with E-state index in [9.17, 15) is 0 Å². The van der Waals surface area contributed by atoms with Crippen molar-refractivity contribution in [3.8, 4) is 0 Å². The van der Waals surface area contributed by atoms with Crippen molar-refractivity contribution in [1.82, 2.24) is 5.32 Å². The number of hydrogen-bond donors (Lipinski definition) is 3. The molecule has 0 fully saturated rings. The van der Waals surface area contributed by atoms with Crippen LogP contribution < -0.4 is 11.1 Å². The number of benzene rings is 1. The molecule has 14 heavy (non-hydrogen) atoms. The summed E-state index contributed by atoms with van der Waals surface area (Å²) in [5.41, 5.74) is 7.34. The van der Waals surface area contributed by atoms with Crippen LogP contribution in [-0.2, 0) is 6.54 Å². The van der Waals surface area contributed by atoms with E-state index in [1.807, 2.05) is 24.3 Å². The van der Waals surface area contributed by atoms with Gasteiger partial charge in [0.05, 0.1) is 0 Å². The summed E-state index contributed by atoms with van der Waals surface area (Å²) in [6, 6.07) is 7.58. The quantitative estimate of drug-likeness (QED) is 0.288. The lowest BCUT2D eigenvalue weighted by molar-refractivity contribution is 0.318. The highest BCUT2D eigenvalue weighted by Gasteiger charge is 1.98. The van der Waals surface area contributed by atoms with Crippen LogP contribution in [-0.4, -0.2) is 17.6 Å². The van der Waals surface area contributed by atoms with Crippen molar-refractivity contribution < 1.29 is 5.21 Å². The van der Waals surface area contributed by atoms with Crippen molar-refractivity contribution in [2.24, 2.45) is 10.9 Å². The third-order valence-corrected chi connectivity index (χ3v) is 1.94. The van der Waals surface area contributed by atoms with E-state index in [2.05, 4.69) is 17.4 Å². The van der Waals surface area contributed by atoms with Crippen LogP contribution in [0.25, 0.3) is 0 Å². The van der Waals surface area contributed by atoms with E-state index in [0.717, 1.165) is 18.7 Å². The van der Waals surface area contributed by atoms with Gasteiger partial charge in [0.15, 0.2) is 5.84 Å². The van der Waals surface area contributed by atoms with E-state index in [1.165, 1.54) is 5.56 Å². The molecule has 0 aromatic heterocycles. The van der Waals surface area contributed by atoms with Crippen LogP contribution in [0.4, 0.5) is 0 Å². The molecule has 0 unspecified atom stereocenters. The van der Waals surface area contributed by atoms with Gasteiger partial charge in [-0.3, -0.25) is 0 Å². The average Bonchev–Trinajstić information content (AvgIpc) is 2.26. The second kappa shape index (κ2) is 5.24. The SMILES string of the molecule is CCNCc1ccc(C(N)=NO)cc1. The molecule has 4 heteroatoms. The lowest BCUT2D eigenvalue weighted by Crippen LogP contribution is -2.14.